The van der Waals surface area contributed by atoms with Crippen molar-refractivity contribution < 1.29 is 4.42 Å². The van der Waals surface area contributed by atoms with E-state index < -0.39 is 0 Å². The van der Waals surface area contributed by atoms with Gasteiger partial charge >= 0.3 is 0 Å². The molecule has 10 aromatic rings. The van der Waals surface area contributed by atoms with Crippen LogP contribution in [0.5, 0.6) is 0 Å². The topological polar surface area (TPSA) is 54.8 Å². The van der Waals surface area contributed by atoms with Gasteiger partial charge in [0, 0.05) is 48.1 Å². The number of thiophene rings is 1. The van der Waals surface area contributed by atoms with Crippen LogP contribution in [0.25, 0.3) is 69.6 Å². The minimum absolute atomic E-state index is 0.263. The minimum Gasteiger partial charge on any atom is -0.456 e. The van der Waals surface area contributed by atoms with Gasteiger partial charge in [-0.3, -0.25) is 0 Å². The molecule has 0 spiro atoms. The van der Waals surface area contributed by atoms with Crippen molar-refractivity contribution >= 4 is 86.9 Å². The highest BCUT2D eigenvalue weighted by Crippen LogP contribution is 2.45. The maximum atomic E-state index is 6.64. The summed E-state index contributed by atoms with van der Waals surface area (Å²) in [4.78, 5) is 10.0. The Morgan fingerprint density at radius 3 is 2.06 bits per heavy atom. The van der Waals surface area contributed by atoms with Crippen LogP contribution in [0.15, 0.2) is 172 Å². The normalized spacial score (nSPS) is 14.9. The summed E-state index contributed by atoms with van der Waals surface area (Å²) in [6, 6.07) is 55.3. The van der Waals surface area contributed by atoms with Crippen LogP contribution in [0, 0.1) is 0 Å². The van der Waals surface area contributed by atoms with Gasteiger partial charge in [-0.25, -0.2) is 9.98 Å². The largest absolute Gasteiger partial charge is 0.456 e. The second kappa shape index (κ2) is 11.0. The first-order valence-corrected chi connectivity index (χ1v) is 17.9. The molecular weight excluding hydrogens is 645 g/mol. The maximum Gasteiger partial charge on any atom is 0.159 e. The van der Waals surface area contributed by atoms with E-state index in [0.717, 1.165) is 44.5 Å². The zero-order chi connectivity index (χ0) is 33.5. The van der Waals surface area contributed by atoms with Crippen molar-refractivity contribution in [3.05, 3.63) is 174 Å². The summed E-state index contributed by atoms with van der Waals surface area (Å²) in [5.41, 5.74) is 8.34. The summed E-state index contributed by atoms with van der Waals surface area (Å²) in [5, 5.41) is 10.8. The standard InChI is InChI=1S/C45H28N4OS/c1-3-12-27(13-4-1)43-46-44(28-14-5-2-6-15-28)48-45(47-43)29-22-23-32-38(26-29)50-37-24-25-39-41(40(32)37)33-18-11-21-36(42(33)51-39)49-34-19-9-7-16-30(34)31-17-8-10-20-35(31)49/h1-26,43H,(H,46,47,48). The number of aromatic nitrogens is 1. The van der Waals surface area contributed by atoms with Gasteiger partial charge in [-0.1, -0.05) is 115 Å². The first-order chi connectivity index (χ1) is 25.3. The van der Waals surface area contributed by atoms with Crippen LogP contribution in [-0.4, -0.2) is 16.2 Å². The van der Waals surface area contributed by atoms with E-state index >= 15 is 0 Å². The van der Waals surface area contributed by atoms with Crippen molar-refractivity contribution in [3.63, 3.8) is 0 Å². The summed E-state index contributed by atoms with van der Waals surface area (Å²) >= 11 is 1.85. The van der Waals surface area contributed by atoms with E-state index in [9.17, 15) is 0 Å². The monoisotopic (exact) mass is 672 g/mol. The van der Waals surface area contributed by atoms with Crippen LogP contribution in [0.4, 0.5) is 0 Å². The number of amidine groups is 2. The third-order valence-corrected chi connectivity index (χ3v) is 11.3. The van der Waals surface area contributed by atoms with E-state index in [2.05, 4.69) is 131 Å². The number of hydrogen-bond acceptors (Lipinski definition) is 5. The number of hydrogen-bond donors (Lipinski definition) is 1. The number of fused-ring (bicyclic) bond motifs is 10. The lowest BCUT2D eigenvalue weighted by molar-refractivity contribution is 0.666. The molecule has 4 heterocycles. The number of para-hydroxylation sites is 2. The Kier molecular flexibility index (Phi) is 6.12. The molecule has 1 aliphatic rings. The van der Waals surface area contributed by atoms with Gasteiger partial charge < -0.3 is 14.3 Å². The van der Waals surface area contributed by atoms with Gasteiger partial charge in [0.15, 0.2) is 5.84 Å². The fraction of sp³-hybridized carbons (Fsp3) is 0.0222. The summed E-state index contributed by atoms with van der Waals surface area (Å²) in [6.45, 7) is 0. The van der Waals surface area contributed by atoms with E-state index in [4.69, 9.17) is 14.4 Å². The molecule has 51 heavy (non-hydrogen) atoms. The molecular formula is C45H28N4OS. The summed E-state index contributed by atoms with van der Waals surface area (Å²) in [6.07, 6.45) is -0.263. The molecule has 3 aromatic heterocycles. The number of benzene rings is 7. The SMILES string of the molecule is c1ccc(C2=NC(c3ccccc3)NC(c3ccc4c(c3)oc3ccc5sc6c(-n7c8ccccc8c8ccccc87)cccc6c5c34)=N2)cc1. The molecule has 0 amide bonds. The number of furan rings is 1. The van der Waals surface area contributed by atoms with E-state index in [0.29, 0.717) is 5.84 Å². The molecule has 240 valence electrons. The van der Waals surface area contributed by atoms with Gasteiger partial charge in [0.2, 0.25) is 0 Å². The molecule has 7 aromatic carbocycles. The van der Waals surface area contributed by atoms with Gasteiger partial charge in [-0.15, -0.1) is 11.3 Å². The Morgan fingerprint density at radius 1 is 0.569 bits per heavy atom. The molecule has 0 saturated carbocycles. The molecule has 0 saturated heterocycles. The van der Waals surface area contributed by atoms with Crippen LogP contribution in [0.2, 0.25) is 0 Å². The molecule has 0 radical (unpaired) electrons. The first kappa shape index (κ1) is 28.3. The zero-order valence-corrected chi connectivity index (χ0v) is 28.1. The average Bonchev–Trinajstić information content (AvgIpc) is 3.87. The van der Waals surface area contributed by atoms with Crippen molar-refractivity contribution in [2.45, 2.75) is 6.17 Å². The predicted octanol–water partition coefficient (Wildman–Crippen LogP) is 11.5. The van der Waals surface area contributed by atoms with E-state index in [1.165, 1.54) is 47.7 Å². The van der Waals surface area contributed by atoms with E-state index in [1.807, 2.05) is 47.7 Å². The van der Waals surface area contributed by atoms with Crippen LogP contribution >= 0.6 is 11.3 Å². The molecule has 1 atom stereocenters. The van der Waals surface area contributed by atoms with Gasteiger partial charge in [0.1, 0.15) is 23.2 Å². The maximum absolute atomic E-state index is 6.64. The van der Waals surface area contributed by atoms with Crippen molar-refractivity contribution in [1.82, 2.24) is 9.88 Å². The Balaban J connectivity index is 1.09. The minimum atomic E-state index is -0.263. The van der Waals surface area contributed by atoms with E-state index in [1.54, 1.807) is 0 Å². The molecule has 0 bridgehead atoms. The third kappa shape index (κ3) is 4.33. The van der Waals surface area contributed by atoms with Crippen LogP contribution in [0.3, 0.4) is 0 Å². The lowest BCUT2D eigenvalue weighted by atomic mass is 10.0. The number of nitrogens with one attached hydrogen (secondary N) is 1. The van der Waals surface area contributed by atoms with Gasteiger partial charge in [-0.2, -0.15) is 0 Å². The van der Waals surface area contributed by atoms with E-state index in [-0.39, 0.29) is 6.17 Å². The average molecular weight is 673 g/mol. The Hall–Kier alpha value is -6.50. The molecule has 11 rings (SSSR count). The fourth-order valence-electron chi connectivity index (χ4n) is 7.76. The predicted molar refractivity (Wildman–Crippen MR) is 213 cm³/mol. The van der Waals surface area contributed by atoms with Crippen LogP contribution in [-0.2, 0) is 0 Å². The Morgan fingerprint density at radius 2 is 1.27 bits per heavy atom. The van der Waals surface area contributed by atoms with Crippen LogP contribution < -0.4 is 5.32 Å². The number of aliphatic imine (C=N–C) groups is 2. The highest BCUT2D eigenvalue weighted by Gasteiger charge is 2.23. The number of nitrogens with zero attached hydrogens (tertiary/aromatic N) is 3. The number of rotatable bonds is 4. The first-order valence-electron chi connectivity index (χ1n) is 17.1. The van der Waals surface area contributed by atoms with Crippen LogP contribution in [0.1, 0.15) is 22.9 Å². The molecule has 1 N–H and O–H groups in total. The lowest BCUT2D eigenvalue weighted by Gasteiger charge is -2.23. The van der Waals surface area contributed by atoms with Gasteiger partial charge in [0.05, 0.1) is 21.4 Å². The lowest BCUT2D eigenvalue weighted by Crippen LogP contribution is -2.33. The molecule has 1 aliphatic heterocycles. The smallest absolute Gasteiger partial charge is 0.159 e. The summed E-state index contributed by atoms with van der Waals surface area (Å²) < 4.78 is 11.6. The van der Waals surface area contributed by atoms with Gasteiger partial charge in [0.25, 0.3) is 0 Å². The van der Waals surface area contributed by atoms with Crippen molar-refractivity contribution in [2.24, 2.45) is 9.98 Å². The quantitative estimate of drug-likeness (QED) is 0.202. The highest BCUT2D eigenvalue weighted by atomic mass is 32.1. The highest BCUT2D eigenvalue weighted by molar-refractivity contribution is 7.26. The van der Waals surface area contributed by atoms with Crippen molar-refractivity contribution in [2.75, 3.05) is 0 Å². The second-order valence-corrected chi connectivity index (χ2v) is 14.0. The summed E-state index contributed by atoms with van der Waals surface area (Å²) in [7, 11) is 0. The molecule has 5 nitrogen and oxygen atoms in total. The second-order valence-electron chi connectivity index (χ2n) is 13.0. The van der Waals surface area contributed by atoms with Crippen molar-refractivity contribution in [3.8, 4) is 5.69 Å². The molecule has 0 fully saturated rings. The third-order valence-electron chi connectivity index (χ3n) is 10.1. The summed E-state index contributed by atoms with van der Waals surface area (Å²) in [5.74, 6) is 1.47. The van der Waals surface area contributed by atoms with Gasteiger partial charge in [-0.05, 0) is 48.0 Å². The molecule has 0 aliphatic carbocycles. The zero-order valence-electron chi connectivity index (χ0n) is 27.2. The van der Waals surface area contributed by atoms with Crippen molar-refractivity contribution in [1.29, 1.82) is 0 Å². The Bertz CT molecular complexity index is 3010. The Labute approximate surface area is 296 Å². The molecule has 1 unspecified atom stereocenters. The fourth-order valence-corrected chi connectivity index (χ4v) is 8.98. The molecule has 6 heteroatoms.